The van der Waals surface area contributed by atoms with Crippen LogP contribution in [-0.4, -0.2) is 25.9 Å². The highest BCUT2D eigenvalue weighted by molar-refractivity contribution is 5.42. The summed E-state index contributed by atoms with van der Waals surface area (Å²) in [6.45, 7) is 0.137. The van der Waals surface area contributed by atoms with Crippen molar-refractivity contribution in [3.05, 3.63) is 34.2 Å². The molecule has 0 fully saturated rings. The lowest BCUT2D eigenvalue weighted by Gasteiger charge is -2.16. The lowest BCUT2D eigenvalue weighted by Crippen LogP contribution is -2.00. The number of rotatable bonds is 8. The van der Waals surface area contributed by atoms with Gasteiger partial charge in [0.15, 0.2) is 0 Å². The second-order valence-corrected chi connectivity index (χ2v) is 4.05. The molecule has 0 spiro atoms. The summed E-state index contributed by atoms with van der Waals surface area (Å²) >= 11 is 0. The minimum Gasteiger partial charge on any atom is -0.497 e. The Kier molecular flexibility index (Phi) is 6.57. The van der Waals surface area contributed by atoms with Gasteiger partial charge in [-0.05, 0) is 36.6 Å². The molecule has 1 N–H and O–H groups in total. The van der Waals surface area contributed by atoms with Crippen LogP contribution in [0.2, 0.25) is 0 Å². The fourth-order valence-electron chi connectivity index (χ4n) is 1.89. The van der Waals surface area contributed by atoms with E-state index in [4.69, 9.17) is 20.1 Å². The van der Waals surface area contributed by atoms with Crippen molar-refractivity contribution >= 4 is 0 Å². The Morgan fingerprint density at radius 1 is 1.32 bits per heavy atom. The molecule has 6 nitrogen and oxygen atoms in total. The van der Waals surface area contributed by atoms with Gasteiger partial charge < -0.3 is 14.6 Å². The van der Waals surface area contributed by atoms with Crippen molar-refractivity contribution in [2.24, 2.45) is 5.11 Å². The summed E-state index contributed by atoms with van der Waals surface area (Å²) in [6.07, 6.45) is 2.12. The molecule has 0 aliphatic rings. The Balaban J connectivity index is 3.01. The van der Waals surface area contributed by atoms with Crippen LogP contribution in [0.3, 0.4) is 0 Å². The van der Waals surface area contributed by atoms with Crippen molar-refractivity contribution in [3.8, 4) is 11.5 Å². The zero-order valence-corrected chi connectivity index (χ0v) is 11.2. The SMILES string of the molecule is COc1ccc(OC)c(C(CCCCO)N=[N+]=[N-])c1. The van der Waals surface area contributed by atoms with Crippen LogP contribution in [-0.2, 0) is 0 Å². The Morgan fingerprint density at radius 3 is 2.68 bits per heavy atom. The molecule has 0 aromatic heterocycles. The number of aliphatic hydroxyl groups is 1. The first-order valence-corrected chi connectivity index (χ1v) is 6.13. The number of azide groups is 1. The molecule has 0 radical (unpaired) electrons. The number of methoxy groups -OCH3 is 2. The Labute approximate surface area is 112 Å². The van der Waals surface area contributed by atoms with Gasteiger partial charge in [0.25, 0.3) is 0 Å². The smallest absolute Gasteiger partial charge is 0.122 e. The summed E-state index contributed by atoms with van der Waals surface area (Å²) in [4.78, 5) is 2.89. The highest BCUT2D eigenvalue weighted by Gasteiger charge is 2.15. The van der Waals surface area contributed by atoms with Gasteiger partial charge in [-0.3, -0.25) is 0 Å². The van der Waals surface area contributed by atoms with E-state index in [1.807, 2.05) is 6.07 Å². The molecule has 0 aliphatic heterocycles. The third-order valence-electron chi connectivity index (χ3n) is 2.87. The van der Waals surface area contributed by atoms with E-state index in [1.54, 1.807) is 26.4 Å². The van der Waals surface area contributed by atoms with E-state index in [0.717, 1.165) is 12.0 Å². The molecule has 0 bridgehead atoms. The second-order valence-electron chi connectivity index (χ2n) is 4.05. The minimum atomic E-state index is -0.318. The highest BCUT2D eigenvalue weighted by atomic mass is 16.5. The summed E-state index contributed by atoms with van der Waals surface area (Å²) in [6, 6.07) is 5.09. The van der Waals surface area contributed by atoms with Gasteiger partial charge in [0.1, 0.15) is 11.5 Å². The number of ether oxygens (including phenoxy) is 2. The quantitative estimate of drug-likeness (QED) is 0.339. The number of benzene rings is 1. The summed E-state index contributed by atoms with van der Waals surface area (Å²) in [5.41, 5.74) is 9.48. The van der Waals surface area contributed by atoms with Crippen LogP contribution in [0.25, 0.3) is 10.4 Å². The second kappa shape index (κ2) is 8.24. The largest absolute Gasteiger partial charge is 0.497 e. The number of hydrogen-bond acceptors (Lipinski definition) is 4. The molecule has 1 aromatic rings. The lowest BCUT2D eigenvalue weighted by atomic mass is 10.0. The van der Waals surface area contributed by atoms with E-state index in [2.05, 4.69) is 10.0 Å². The number of hydrogen-bond donors (Lipinski definition) is 1. The first kappa shape index (κ1) is 15.1. The molecule has 0 amide bonds. The van der Waals surface area contributed by atoms with Crippen molar-refractivity contribution < 1.29 is 14.6 Å². The van der Waals surface area contributed by atoms with Crippen LogP contribution in [0.15, 0.2) is 23.3 Å². The number of aliphatic hydroxyl groups excluding tert-OH is 1. The summed E-state index contributed by atoms with van der Waals surface area (Å²) in [5.74, 6) is 1.36. The Hall–Kier alpha value is -1.91. The molecule has 0 heterocycles. The molecule has 104 valence electrons. The number of unbranched alkanes of at least 4 members (excludes halogenated alkanes) is 1. The molecule has 1 rings (SSSR count). The van der Waals surface area contributed by atoms with Gasteiger partial charge in [-0.1, -0.05) is 11.5 Å². The third kappa shape index (κ3) is 4.35. The normalized spacial score (nSPS) is 11.5. The van der Waals surface area contributed by atoms with E-state index >= 15 is 0 Å². The van der Waals surface area contributed by atoms with Crippen molar-refractivity contribution in [1.29, 1.82) is 0 Å². The highest BCUT2D eigenvalue weighted by Crippen LogP contribution is 2.34. The van der Waals surface area contributed by atoms with E-state index < -0.39 is 0 Å². The van der Waals surface area contributed by atoms with E-state index in [-0.39, 0.29) is 12.6 Å². The third-order valence-corrected chi connectivity index (χ3v) is 2.87. The van der Waals surface area contributed by atoms with Crippen LogP contribution in [0.5, 0.6) is 11.5 Å². The topological polar surface area (TPSA) is 87.5 Å². The van der Waals surface area contributed by atoms with Gasteiger partial charge in [-0.2, -0.15) is 0 Å². The first-order chi connectivity index (χ1) is 9.26. The fraction of sp³-hybridized carbons (Fsp3) is 0.538. The summed E-state index contributed by atoms with van der Waals surface area (Å²) in [5, 5.41) is 12.6. The van der Waals surface area contributed by atoms with Gasteiger partial charge in [0.05, 0.1) is 20.3 Å². The van der Waals surface area contributed by atoms with Gasteiger partial charge in [0.2, 0.25) is 0 Å². The van der Waals surface area contributed by atoms with Gasteiger partial charge in [-0.25, -0.2) is 0 Å². The molecule has 19 heavy (non-hydrogen) atoms. The zero-order valence-electron chi connectivity index (χ0n) is 11.2. The van der Waals surface area contributed by atoms with E-state index in [9.17, 15) is 0 Å². The maximum absolute atomic E-state index is 8.81. The molecule has 1 unspecified atom stereocenters. The Bertz CT molecular complexity index is 445. The standard InChI is InChI=1S/C13H19N3O3/c1-18-10-6-7-13(19-2)11(9-10)12(15-16-14)5-3-4-8-17/h6-7,9,12,17H,3-5,8H2,1-2H3. The maximum atomic E-state index is 8.81. The average Bonchev–Trinajstić information content (AvgIpc) is 2.46. The Morgan fingerprint density at radius 2 is 2.11 bits per heavy atom. The molecule has 0 saturated heterocycles. The predicted octanol–water partition coefficient (Wildman–Crippen LogP) is 3.22. The van der Waals surface area contributed by atoms with Crippen molar-refractivity contribution in [2.45, 2.75) is 25.3 Å². The zero-order chi connectivity index (χ0) is 14.1. The summed E-state index contributed by atoms with van der Waals surface area (Å²) < 4.78 is 10.5. The molecule has 0 aliphatic carbocycles. The average molecular weight is 265 g/mol. The predicted molar refractivity (Wildman–Crippen MR) is 72.4 cm³/mol. The van der Waals surface area contributed by atoms with E-state index in [0.29, 0.717) is 24.3 Å². The molecule has 6 heteroatoms. The van der Waals surface area contributed by atoms with Gasteiger partial charge in [-0.15, -0.1) is 0 Å². The molecule has 0 saturated carbocycles. The van der Waals surface area contributed by atoms with Crippen molar-refractivity contribution in [3.63, 3.8) is 0 Å². The summed E-state index contributed by atoms with van der Waals surface area (Å²) in [7, 11) is 3.16. The van der Waals surface area contributed by atoms with E-state index in [1.165, 1.54) is 0 Å². The van der Waals surface area contributed by atoms with Crippen LogP contribution in [0, 0.1) is 0 Å². The van der Waals surface area contributed by atoms with Crippen LogP contribution >= 0.6 is 0 Å². The fourth-order valence-corrected chi connectivity index (χ4v) is 1.89. The first-order valence-electron chi connectivity index (χ1n) is 6.13. The minimum absolute atomic E-state index is 0.137. The molecular weight excluding hydrogens is 246 g/mol. The van der Waals surface area contributed by atoms with Crippen molar-refractivity contribution in [2.75, 3.05) is 20.8 Å². The van der Waals surface area contributed by atoms with Gasteiger partial charge >= 0.3 is 0 Å². The lowest BCUT2D eigenvalue weighted by molar-refractivity contribution is 0.281. The van der Waals surface area contributed by atoms with Crippen LogP contribution in [0.1, 0.15) is 30.9 Å². The maximum Gasteiger partial charge on any atom is 0.122 e. The van der Waals surface area contributed by atoms with Crippen molar-refractivity contribution in [1.82, 2.24) is 0 Å². The van der Waals surface area contributed by atoms with Crippen LogP contribution in [0.4, 0.5) is 0 Å². The van der Waals surface area contributed by atoms with Gasteiger partial charge in [0, 0.05) is 17.1 Å². The molecule has 1 aromatic carbocycles. The van der Waals surface area contributed by atoms with Crippen LogP contribution < -0.4 is 9.47 Å². The molecular formula is C13H19N3O3. The number of nitrogens with zero attached hydrogens (tertiary/aromatic N) is 3. The monoisotopic (exact) mass is 265 g/mol. The molecule has 1 atom stereocenters.